The van der Waals surface area contributed by atoms with Crippen molar-refractivity contribution in [2.45, 2.75) is 0 Å². The Bertz CT molecular complexity index is 2640. The van der Waals surface area contributed by atoms with Crippen molar-refractivity contribution in [1.29, 1.82) is 0 Å². The second kappa shape index (κ2) is 9.13. The number of thiophene rings is 2. The fourth-order valence-electron chi connectivity index (χ4n) is 6.60. The predicted molar refractivity (Wildman–Crippen MR) is 189 cm³/mol. The van der Waals surface area contributed by atoms with Crippen LogP contribution in [-0.4, -0.2) is 4.98 Å². The highest BCUT2D eigenvalue weighted by Crippen LogP contribution is 2.44. The summed E-state index contributed by atoms with van der Waals surface area (Å²) in [6.45, 7) is 0. The van der Waals surface area contributed by atoms with Gasteiger partial charge in [0, 0.05) is 64.0 Å². The number of rotatable bonds is 3. The van der Waals surface area contributed by atoms with E-state index in [4.69, 9.17) is 9.40 Å². The van der Waals surface area contributed by atoms with Crippen molar-refractivity contribution in [3.8, 4) is 0 Å². The van der Waals surface area contributed by atoms with E-state index in [2.05, 4.69) is 120 Å². The van der Waals surface area contributed by atoms with Crippen molar-refractivity contribution in [1.82, 2.24) is 4.98 Å². The van der Waals surface area contributed by atoms with Gasteiger partial charge in [0.05, 0.1) is 4.70 Å². The van der Waals surface area contributed by atoms with Crippen molar-refractivity contribution in [2.75, 3.05) is 4.90 Å². The monoisotopic (exact) mass is 598 g/mol. The molecule has 0 N–H and O–H groups in total. The number of furan rings is 1. The van der Waals surface area contributed by atoms with Gasteiger partial charge in [-0.25, -0.2) is 4.98 Å². The quantitative estimate of drug-likeness (QED) is 0.203. The van der Waals surface area contributed by atoms with E-state index in [-0.39, 0.29) is 0 Å². The van der Waals surface area contributed by atoms with Crippen molar-refractivity contribution in [3.63, 3.8) is 0 Å². The van der Waals surface area contributed by atoms with Crippen molar-refractivity contribution >= 4 is 113 Å². The third-order valence-electron chi connectivity index (χ3n) is 8.68. The molecule has 0 radical (unpaired) electrons. The minimum absolute atomic E-state index is 0.883. The third-order valence-corrected chi connectivity index (χ3v) is 10.9. The lowest BCUT2D eigenvalue weighted by molar-refractivity contribution is 0.669. The van der Waals surface area contributed by atoms with Crippen LogP contribution in [0.3, 0.4) is 0 Å². The fourth-order valence-corrected chi connectivity index (χ4v) is 8.77. The molecule has 206 valence electrons. The van der Waals surface area contributed by atoms with Crippen molar-refractivity contribution in [3.05, 3.63) is 134 Å². The standard InChI is InChI=1S/C39H22N2OS2/c1-2-8-24-18-37-30(17-23(24)7-1)32-21-39(40-22-38(32)44-37)41(25-13-15-34-29(19-25)27-9-3-5-11-33(27)42-34)26-14-16-36-31(20-26)28-10-4-6-12-35(28)43-36/h1-22H. The van der Waals surface area contributed by atoms with E-state index >= 15 is 0 Å². The van der Waals surface area contributed by atoms with E-state index in [9.17, 15) is 0 Å². The predicted octanol–water partition coefficient (Wildman–Crippen LogP) is 12.3. The van der Waals surface area contributed by atoms with Gasteiger partial charge < -0.3 is 4.42 Å². The number of benzene rings is 6. The molecule has 0 bridgehead atoms. The lowest BCUT2D eigenvalue weighted by Gasteiger charge is -2.24. The molecule has 0 aliphatic rings. The van der Waals surface area contributed by atoms with Crippen LogP contribution < -0.4 is 4.90 Å². The molecule has 0 aliphatic heterocycles. The molecule has 0 saturated carbocycles. The SMILES string of the molecule is c1ccc2cc3c(cc2c1)sc1cnc(N(c2ccc4oc5ccccc5c4c2)c2ccc4sc5ccccc5c4c2)cc13. The normalized spacial score (nSPS) is 12.1. The van der Waals surface area contributed by atoms with Gasteiger partial charge in [-0.3, -0.25) is 4.90 Å². The molecule has 10 rings (SSSR count). The summed E-state index contributed by atoms with van der Waals surface area (Å²) in [6.07, 6.45) is 2.04. The maximum Gasteiger partial charge on any atom is 0.138 e. The molecule has 0 fully saturated rings. The molecule has 6 aromatic carbocycles. The summed E-state index contributed by atoms with van der Waals surface area (Å²) in [5.41, 5.74) is 3.90. The van der Waals surface area contributed by atoms with Gasteiger partial charge in [0.15, 0.2) is 0 Å². The molecule has 4 aromatic heterocycles. The number of anilines is 3. The summed E-state index contributed by atoms with van der Waals surface area (Å²) in [6, 6.07) is 45.6. The molecule has 4 heterocycles. The van der Waals surface area contributed by atoms with Crippen LogP contribution in [-0.2, 0) is 0 Å². The molecule has 5 heteroatoms. The Hall–Kier alpha value is -5.23. The highest BCUT2D eigenvalue weighted by molar-refractivity contribution is 7.26. The molecule has 0 atom stereocenters. The van der Waals surface area contributed by atoms with Gasteiger partial charge in [0.25, 0.3) is 0 Å². The van der Waals surface area contributed by atoms with Crippen LogP contribution in [0.1, 0.15) is 0 Å². The number of hydrogen-bond donors (Lipinski definition) is 0. The van der Waals surface area contributed by atoms with Crippen LogP contribution in [0.4, 0.5) is 17.2 Å². The van der Waals surface area contributed by atoms with E-state index < -0.39 is 0 Å². The molecule has 0 unspecified atom stereocenters. The molecular weight excluding hydrogens is 577 g/mol. The number of nitrogens with zero attached hydrogens (tertiary/aromatic N) is 2. The largest absolute Gasteiger partial charge is 0.456 e. The van der Waals surface area contributed by atoms with E-state index in [1.54, 1.807) is 11.3 Å². The van der Waals surface area contributed by atoms with Gasteiger partial charge in [-0.1, -0.05) is 60.7 Å². The number of hydrogen-bond acceptors (Lipinski definition) is 5. The van der Waals surface area contributed by atoms with Gasteiger partial charge in [0.2, 0.25) is 0 Å². The van der Waals surface area contributed by atoms with Crippen molar-refractivity contribution in [2.24, 2.45) is 0 Å². The first-order valence-corrected chi connectivity index (χ1v) is 16.2. The molecule has 0 amide bonds. The zero-order chi connectivity index (χ0) is 28.8. The minimum Gasteiger partial charge on any atom is -0.456 e. The van der Waals surface area contributed by atoms with Gasteiger partial charge in [-0.05, 0) is 77.5 Å². The van der Waals surface area contributed by atoms with Gasteiger partial charge >= 0.3 is 0 Å². The van der Waals surface area contributed by atoms with E-state index in [0.717, 1.165) is 39.1 Å². The first-order chi connectivity index (χ1) is 21.8. The summed E-state index contributed by atoms with van der Waals surface area (Å²) in [7, 11) is 0. The van der Waals surface area contributed by atoms with Crippen LogP contribution >= 0.6 is 22.7 Å². The Kier molecular flexibility index (Phi) is 5.03. The highest BCUT2D eigenvalue weighted by Gasteiger charge is 2.19. The van der Waals surface area contributed by atoms with E-state index in [1.165, 1.54) is 51.1 Å². The molecule has 0 saturated heterocycles. The van der Waals surface area contributed by atoms with Crippen molar-refractivity contribution < 1.29 is 4.42 Å². The lowest BCUT2D eigenvalue weighted by atomic mass is 10.1. The van der Waals surface area contributed by atoms with Crippen LogP contribution in [0.15, 0.2) is 138 Å². The Morgan fingerprint density at radius 3 is 2.00 bits per heavy atom. The summed E-state index contributed by atoms with van der Waals surface area (Å²) in [4.78, 5) is 7.39. The van der Waals surface area contributed by atoms with Crippen LogP contribution in [0.25, 0.3) is 73.1 Å². The molecule has 0 aliphatic carbocycles. The summed E-state index contributed by atoms with van der Waals surface area (Å²) < 4.78 is 11.2. The summed E-state index contributed by atoms with van der Waals surface area (Å²) in [5.74, 6) is 0.886. The summed E-state index contributed by atoms with van der Waals surface area (Å²) in [5, 5.41) is 9.76. The second-order valence-corrected chi connectivity index (χ2v) is 13.4. The topological polar surface area (TPSA) is 29.3 Å². The third kappa shape index (κ3) is 3.57. The van der Waals surface area contributed by atoms with Gasteiger partial charge in [-0.15, -0.1) is 22.7 Å². The van der Waals surface area contributed by atoms with Crippen LogP contribution in [0, 0.1) is 0 Å². The maximum absolute atomic E-state index is 6.19. The molecule has 0 spiro atoms. The Morgan fingerprint density at radius 2 is 1.09 bits per heavy atom. The second-order valence-electron chi connectivity index (χ2n) is 11.2. The Morgan fingerprint density at radius 1 is 0.455 bits per heavy atom. The number of para-hydroxylation sites is 1. The summed E-state index contributed by atoms with van der Waals surface area (Å²) >= 11 is 3.64. The molecular formula is C39H22N2OS2. The fraction of sp³-hybridized carbons (Fsp3) is 0. The highest BCUT2D eigenvalue weighted by atomic mass is 32.1. The minimum atomic E-state index is 0.883. The average Bonchev–Trinajstić information content (AvgIpc) is 3.74. The van der Waals surface area contributed by atoms with E-state index in [1.807, 2.05) is 29.7 Å². The number of aromatic nitrogens is 1. The Labute approximate surface area is 259 Å². The first kappa shape index (κ1) is 24.2. The van der Waals surface area contributed by atoms with Gasteiger partial charge in [0.1, 0.15) is 17.0 Å². The molecule has 10 aromatic rings. The van der Waals surface area contributed by atoms with E-state index in [0.29, 0.717) is 0 Å². The maximum atomic E-state index is 6.19. The number of fused-ring (bicyclic) bond motifs is 10. The van der Waals surface area contributed by atoms with Crippen LogP contribution in [0.2, 0.25) is 0 Å². The number of pyridine rings is 1. The first-order valence-electron chi connectivity index (χ1n) is 14.6. The smallest absolute Gasteiger partial charge is 0.138 e. The Balaban J connectivity index is 1.24. The molecule has 44 heavy (non-hydrogen) atoms. The molecule has 3 nitrogen and oxygen atoms in total. The average molecular weight is 599 g/mol. The van der Waals surface area contributed by atoms with Gasteiger partial charge in [-0.2, -0.15) is 0 Å². The lowest BCUT2D eigenvalue weighted by Crippen LogP contribution is -2.11. The zero-order valence-electron chi connectivity index (χ0n) is 23.3. The van der Waals surface area contributed by atoms with Crippen LogP contribution in [0.5, 0.6) is 0 Å². The zero-order valence-corrected chi connectivity index (χ0v) is 25.0.